The number of carboxylic acids is 1. The Morgan fingerprint density at radius 3 is 2.51 bits per heavy atom. The fraction of sp³-hybridized carbons (Fsp3) is 0.241. The van der Waals surface area contributed by atoms with Crippen LogP contribution in [0.5, 0.6) is 11.6 Å². The van der Waals surface area contributed by atoms with E-state index in [1.165, 1.54) is 53.2 Å². The average molecular weight is 567 g/mol. The van der Waals surface area contributed by atoms with Crippen LogP contribution in [0.15, 0.2) is 66.9 Å². The van der Waals surface area contributed by atoms with Crippen molar-refractivity contribution in [2.24, 2.45) is 0 Å². The summed E-state index contributed by atoms with van der Waals surface area (Å²) in [5, 5.41) is 13.1. The Morgan fingerprint density at radius 2 is 1.83 bits per heavy atom. The first kappa shape index (κ1) is 27.7. The first-order chi connectivity index (χ1) is 19.6. The number of alkyl halides is 3. The number of ether oxygens (including phenoxy) is 2. The number of hydrogen-bond acceptors (Lipinski definition) is 6. The molecule has 41 heavy (non-hydrogen) atoms. The minimum Gasteiger partial charge on any atom is -0.484 e. The molecule has 0 spiro atoms. The maximum atomic E-state index is 14.1. The Bertz CT molecular complexity index is 1600. The maximum absolute atomic E-state index is 14.1. The van der Waals surface area contributed by atoms with Gasteiger partial charge in [0.25, 0.3) is 5.91 Å². The van der Waals surface area contributed by atoms with E-state index in [-0.39, 0.29) is 34.5 Å². The molecule has 9 nitrogen and oxygen atoms in total. The largest absolute Gasteiger partial charge is 0.484 e. The molecule has 4 aromatic rings. The zero-order valence-electron chi connectivity index (χ0n) is 22.1. The van der Waals surface area contributed by atoms with E-state index in [9.17, 15) is 22.8 Å². The van der Waals surface area contributed by atoms with Crippen molar-refractivity contribution < 1.29 is 37.3 Å². The first-order valence-corrected chi connectivity index (χ1v) is 12.6. The number of methoxy groups -OCH3 is 1. The molecule has 1 atom stereocenters. The number of nitrogens with zero attached hydrogens (tertiary/aromatic N) is 4. The second-order valence-electron chi connectivity index (χ2n) is 9.42. The molecule has 1 amide bonds. The summed E-state index contributed by atoms with van der Waals surface area (Å²) < 4.78 is 54.7. The van der Waals surface area contributed by atoms with Crippen LogP contribution >= 0.6 is 0 Å². The number of amides is 1. The number of aromatic nitrogens is 3. The van der Waals surface area contributed by atoms with Crippen LogP contribution in [0.2, 0.25) is 0 Å². The van der Waals surface area contributed by atoms with Crippen molar-refractivity contribution in [1.29, 1.82) is 0 Å². The predicted octanol–water partition coefficient (Wildman–Crippen LogP) is 5.73. The quantitative estimate of drug-likeness (QED) is 0.305. The smallest absolute Gasteiger partial charge is 0.435 e. The van der Waals surface area contributed by atoms with Crippen LogP contribution in [0.1, 0.15) is 56.6 Å². The van der Waals surface area contributed by atoms with Crippen molar-refractivity contribution >= 4 is 17.6 Å². The number of rotatable bonds is 7. The fourth-order valence-electron chi connectivity index (χ4n) is 4.82. The van der Waals surface area contributed by atoms with Gasteiger partial charge in [0, 0.05) is 30.4 Å². The van der Waals surface area contributed by atoms with Crippen LogP contribution in [0.25, 0.3) is 5.69 Å². The molecule has 0 saturated heterocycles. The van der Waals surface area contributed by atoms with Gasteiger partial charge in [0.15, 0.2) is 5.69 Å². The number of pyridine rings is 1. The van der Waals surface area contributed by atoms with Gasteiger partial charge < -0.3 is 19.5 Å². The lowest BCUT2D eigenvalue weighted by atomic mass is 9.92. The molecule has 0 saturated carbocycles. The van der Waals surface area contributed by atoms with E-state index in [2.05, 4.69) is 10.1 Å². The normalized spacial score (nSPS) is 14.7. The number of carbonyl (C=O) groups excluding carboxylic acids is 1. The van der Waals surface area contributed by atoms with Crippen LogP contribution < -0.4 is 14.4 Å². The third kappa shape index (κ3) is 5.58. The Kier molecular flexibility index (Phi) is 7.40. The third-order valence-electron chi connectivity index (χ3n) is 6.83. The molecule has 1 unspecified atom stereocenters. The van der Waals surface area contributed by atoms with E-state index in [1.54, 1.807) is 37.4 Å². The lowest BCUT2D eigenvalue weighted by molar-refractivity contribution is -0.142. The van der Waals surface area contributed by atoms with Gasteiger partial charge in [-0.3, -0.25) is 4.79 Å². The van der Waals surface area contributed by atoms with E-state index in [1.807, 2.05) is 0 Å². The van der Waals surface area contributed by atoms with Gasteiger partial charge in [-0.1, -0.05) is 6.07 Å². The number of fused-ring (bicyclic) bond motifs is 1. The highest BCUT2D eigenvalue weighted by Gasteiger charge is 2.42. The fourth-order valence-corrected chi connectivity index (χ4v) is 4.82. The van der Waals surface area contributed by atoms with Gasteiger partial charge in [0.1, 0.15) is 11.9 Å². The minimum atomic E-state index is -4.70. The van der Waals surface area contributed by atoms with E-state index in [0.29, 0.717) is 30.2 Å². The molecule has 2 heterocycles. The summed E-state index contributed by atoms with van der Waals surface area (Å²) >= 11 is 0. The minimum absolute atomic E-state index is 0.0358. The molecule has 5 rings (SSSR count). The monoisotopic (exact) mass is 566 g/mol. The molecule has 1 N–H and O–H groups in total. The molecule has 0 fully saturated rings. The SMILES string of the molecule is COc1cc(N(C)C(=O)c2cccc(-n3nc(C(F)(F)F)c4c3C(Oc3ccc(C(=O)O)cc3)CCC4)c2)ccn1. The van der Waals surface area contributed by atoms with Gasteiger partial charge in [-0.2, -0.15) is 18.3 Å². The molecule has 1 aliphatic carbocycles. The second-order valence-corrected chi connectivity index (χ2v) is 9.42. The van der Waals surface area contributed by atoms with Gasteiger partial charge in [0.2, 0.25) is 5.88 Å². The van der Waals surface area contributed by atoms with Crippen LogP contribution in [-0.2, 0) is 12.6 Å². The summed E-state index contributed by atoms with van der Waals surface area (Å²) in [6, 6.07) is 15.1. The molecule has 0 radical (unpaired) electrons. The summed E-state index contributed by atoms with van der Waals surface area (Å²) in [6.07, 6.45) is -2.97. The number of hydrogen-bond donors (Lipinski definition) is 1. The van der Waals surface area contributed by atoms with Crippen LogP contribution in [0.4, 0.5) is 18.9 Å². The van der Waals surface area contributed by atoms with Gasteiger partial charge in [-0.25, -0.2) is 14.5 Å². The molecule has 0 bridgehead atoms. The third-order valence-corrected chi connectivity index (χ3v) is 6.83. The van der Waals surface area contributed by atoms with Crippen molar-refractivity contribution in [2.75, 3.05) is 19.1 Å². The van der Waals surface area contributed by atoms with Crippen molar-refractivity contribution in [2.45, 2.75) is 31.5 Å². The van der Waals surface area contributed by atoms with Crippen molar-refractivity contribution in [3.05, 3.63) is 94.9 Å². The van der Waals surface area contributed by atoms with E-state index in [0.717, 1.165) is 0 Å². The lowest BCUT2D eigenvalue weighted by Crippen LogP contribution is -2.26. The van der Waals surface area contributed by atoms with Gasteiger partial charge in [-0.15, -0.1) is 0 Å². The van der Waals surface area contributed by atoms with Crippen molar-refractivity contribution in [3.63, 3.8) is 0 Å². The number of anilines is 1. The Morgan fingerprint density at radius 1 is 1.07 bits per heavy atom. The predicted molar refractivity (Wildman–Crippen MR) is 142 cm³/mol. The molecule has 0 aliphatic heterocycles. The Labute approximate surface area is 232 Å². The Balaban J connectivity index is 1.53. The van der Waals surface area contributed by atoms with Crippen LogP contribution in [0.3, 0.4) is 0 Å². The molecular weight excluding hydrogens is 541 g/mol. The highest BCUT2D eigenvalue weighted by atomic mass is 19.4. The summed E-state index contributed by atoms with van der Waals surface area (Å²) in [5.41, 5.74) is 0.348. The summed E-state index contributed by atoms with van der Waals surface area (Å²) in [7, 11) is 3.03. The van der Waals surface area contributed by atoms with E-state index >= 15 is 0 Å². The van der Waals surface area contributed by atoms with Crippen molar-refractivity contribution in [3.8, 4) is 17.3 Å². The number of benzene rings is 2. The summed E-state index contributed by atoms with van der Waals surface area (Å²) in [5.74, 6) is -0.870. The highest BCUT2D eigenvalue weighted by molar-refractivity contribution is 6.06. The van der Waals surface area contributed by atoms with E-state index in [4.69, 9.17) is 14.6 Å². The van der Waals surface area contributed by atoms with E-state index < -0.39 is 29.9 Å². The first-order valence-electron chi connectivity index (χ1n) is 12.6. The number of carbonyl (C=O) groups is 2. The summed E-state index contributed by atoms with van der Waals surface area (Å²) in [6.45, 7) is 0. The molecule has 1 aliphatic rings. The zero-order valence-corrected chi connectivity index (χ0v) is 22.1. The molecule has 2 aromatic carbocycles. The number of aromatic carboxylic acids is 1. The average Bonchev–Trinajstić information content (AvgIpc) is 3.38. The molecular formula is C29H25F3N4O5. The highest BCUT2D eigenvalue weighted by Crippen LogP contribution is 2.42. The summed E-state index contributed by atoms with van der Waals surface area (Å²) in [4.78, 5) is 30.0. The number of carboxylic acid groups (broad SMARTS) is 1. The Hall–Kier alpha value is -4.87. The van der Waals surface area contributed by atoms with Crippen LogP contribution in [-0.4, -0.2) is 45.9 Å². The van der Waals surface area contributed by atoms with Gasteiger partial charge >= 0.3 is 12.1 Å². The maximum Gasteiger partial charge on any atom is 0.435 e. The van der Waals surface area contributed by atoms with Gasteiger partial charge in [0.05, 0.1) is 29.7 Å². The topological polar surface area (TPSA) is 107 Å². The standard InChI is InChI=1S/C29H25F3N4O5/c1-35(19-13-14-33-24(16-19)40-2)27(37)18-5-3-6-20(15-18)36-25-22(26(34-36)29(30,31)32)7-4-8-23(25)41-21-11-9-17(10-12-21)28(38)39/h3,5-6,9-16,23H,4,7-8H2,1-2H3,(H,38,39). The lowest BCUT2D eigenvalue weighted by Gasteiger charge is -2.26. The van der Waals surface area contributed by atoms with Crippen LogP contribution in [0, 0.1) is 0 Å². The second kappa shape index (κ2) is 11.0. The molecule has 12 heteroatoms. The molecule has 2 aromatic heterocycles. The molecule has 212 valence electrons. The number of halogens is 3. The van der Waals surface area contributed by atoms with Crippen molar-refractivity contribution in [1.82, 2.24) is 14.8 Å². The zero-order chi connectivity index (χ0) is 29.3. The van der Waals surface area contributed by atoms with Gasteiger partial charge in [-0.05, 0) is 67.8 Å².